The molecular weight excluding hydrogens is 336 g/mol. The second kappa shape index (κ2) is 9.03. The average molecular weight is 360 g/mol. The highest BCUT2D eigenvalue weighted by Crippen LogP contribution is 2.27. The number of carbonyl (C=O) groups excluding carboxylic acids is 3. The Labute approximate surface area is 152 Å². The number of benzene rings is 1. The van der Waals surface area contributed by atoms with Crippen molar-refractivity contribution in [3.63, 3.8) is 0 Å². The molecule has 2 N–H and O–H groups in total. The van der Waals surface area contributed by atoms with E-state index in [1.807, 2.05) is 6.92 Å². The second-order valence-corrected chi connectivity index (χ2v) is 6.20. The Hall–Kier alpha value is -2.83. The van der Waals surface area contributed by atoms with Crippen LogP contribution in [0.2, 0.25) is 0 Å². The lowest BCUT2D eigenvalue weighted by Gasteiger charge is -2.14. The third-order valence-electron chi connectivity index (χ3n) is 4.36. The third-order valence-corrected chi connectivity index (χ3v) is 4.36. The Bertz CT molecular complexity index is 721. The minimum Gasteiger partial charge on any atom is -0.466 e. The number of hydrogen-bond acceptors (Lipinski definition) is 6. The number of nitrogens with one attached hydrogen (secondary N) is 2. The molecule has 7 nitrogen and oxygen atoms in total. The summed E-state index contributed by atoms with van der Waals surface area (Å²) in [7, 11) is 2.45. The predicted octanol–water partition coefficient (Wildman–Crippen LogP) is 2.77. The van der Waals surface area contributed by atoms with E-state index in [1.54, 1.807) is 18.2 Å². The minimum atomic E-state index is -0.688. The van der Waals surface area contributed by atoms with Crippen LogP contribution in [0.4, 0.5) is 11.4 Å². The van der Waals surface area contributed by atoms with Gasteiger partial charge in [-0.3, -0.25) is 4.79 Å². The fourth-order valence-electron chi connectivity index (χ4n) is 2.89. The minimum absolute atomic E-state index is 0.0403. The van der Waals surface area contributed by atoms with Gasteiger partial charge in [0.25, 0.3) is 0 Å². The highest BCUT2D eigenvalue weighted by Gasteiger charge is 2.23. The van der Waals surface area contributed by atoms with E-state index in [-0.39, 0.29) is 17.5 Å². The lowest BCUT2D eigenvalue weighted by Crippen LogP contribution is -2.21. The predicted molar refractivity (Wildman–Crippen MR) is 97.5 cm³/mol. The van der Waals surface area contributed by atoms with E-state index < -0.39 is 11.9 Å². The average Bonchev–Trinajstić information content (AvgIpc) is 3.17. The summed E-state index contributed by atoms with van der Waals surface area (Å²) >= 11 is 0. The van der Waals surface area contributed by atoms with Crippen molar-refractivity contribution in [2.75, 3.05) is 24.9 Å². The maximum Gasteiger partial charge on any atom is 0.354 e. The zero-order chi connectivity index (χ0) is 19.1. The summed E-state index contributed by atoms with van der Waals surface area (Å²) in [6, 6.07) is 5.25. The molecule has 0 radical (unpaired) electrons. The van der Waals surface area contributed by atoms with Crippen molar-refractivity contribution >= 4 is 29.2 Å². The molecule has 0 saturated heterocycles. The van der Waals surface area contributed by atoms with Gasteiger partial charge in [-0.1, -0.05) is 12.8 Å². The number of esters is 2. The van der Waals surface area contributed by atoms with Crippen molar-refractivity contribution in [1.29, 1.82) is 0 Å². The van der Waals surface area contributed by atoms with Crippen LogP contribution in [-0.2, 0) is 23.9 Å². The van der Waals surface area contributed by atoms with Gasteiger partial charge in [0, 0.05) is 17.3 Å². The molecule has 0 heterocycles. The summed E-state index contributed by atoms with van der Waals surface area (Å²) in [5.41, 5.74) is 2.11. The molecule has 1 aromatic carbocycles. The number of anilines is 2. The molecule has 0 unspecified atom stereocenters. The van der Waals surface area contributed by atoms with Crippen LogP contribution in [0.15, 0.2) is 30.0 Å². The first-order chi connectivity index (χ1) is 12.4. The van der Waals surface area contributed by atoms with Gasteiger partial charge in [0.2, 0.25) is 5.91 Å². The Morgan fingerprint density at radius 3 is 2.35 bits per heavy atom. The standard InChI is InChI=1S/C19H24N2O5/c1-12-10-14(20-16(19(24)26-3)11-17(22)25-2)8-9-15(12)21-18(23)13-6-4-5-7-13/h8-11,13,20H,4-7H2,1-3H3,(H,21,23)/b16-11+. The van der Waals surface area contributed by atoms with Crippen LogP contribution in [0.25, 0.3) is 0 Å². The van der Waals surface area contributed by atoms with Gasteiger partial charge in [-0.15, -0.1) is 0 Å². The fourth-order valence-corrected chi connectivity index (χ4v) is 2.89. The molecule has 0 bridgehead atoms. The first-order valence-electron chi connectivity index (χ1n) is 8.51. The molecule has 0 spiro atoms. The molecule has 7 heteroatoms. The maximum atomic E-state index is 12.3. The van der Waals surface area contributed by atoms with Gasteiger partial charge < -0.3 is 20.1 Å². The van der Waals surface area contributed by atoms with Crippen LogP contribution in [0.5, 0.6) is 0 Å². The number of ether oxygens (including phenoxy) is 2. The molecule has 1 aliphatic rings. The van der Waals surface area contributed by atoms with Gasteiger partial charge in [0.05, 0.1) is 20.3 Å². The van der Waals surface area contributed by atoms with E-state index in [4.69, 9.17) is 0 Å². The second-order valence-electron chi connectivity index (χ2n) is 6.20. The van der Waals surface area contributed by atoms with E-state index in [0.717, 1.165) is 43.0 Å². The molecule has 0 aliphatic heterocycles. The van der Waals surface area contributed by atoms with Crippen molar-refractivity contribution in [1.82, 2.24) is 0 Å². The van der Waals surface area contributed by atoms with Crippen LogP contribution in [0, 0.1) is 12.8 Å². The molecule has 26 heavy (non-hydrogen) atoms. The van der Waals surface area contributed by atoms with Crippen LogP contribution >= 0.6 is 0 Å². The van der Waals surface area contributed by atoms with Crippen molar-refractivity contribution in [2.24, 2.45) is 5.92 Å². The molecular formula is C19H24N2O5. The number of hydrogen-bond donors (Lipinski definition) is 2. The van der Waals surface area contributed by atoms with Gasteiger partial charge in [-0.05, 0) is 43.5 Å². The van der Waals surface area contributed by atoms with Crippen molar-refractivity contribution < 1.29 is 23.9 Å². The summed E-state index contributed by atoms with van der Waals surface area (Å²) in [6.07, 6.45) is 5.10. The molecule has 1 fully saturated rings. The van der Waals surface area contributed by atoms with Crippen molar-refractivity contribution in [3.05, 3.63) is 35.5 Å². The molecule has 0 aromatic heterocycles. The Balaban J connectivity index is 2.11. The number of methoxy groups -OCH3 is 2. The van der Waals surface area contributed by atoms with Crippen LogP contribution in [-0.4, -0.2) is 32.1 Å². The highest BCUT2D eigenvalue weighted by atomic mass is 16.5. The zero-order valence-electron chi connectivity index (χ0n) is 15.3. The monoisotopic (exact) mass is 360 g/mol. The normalized spacial score (nSPS) is 14.7. The van der Waals surface area contributed by atoms with Crippen LogP contribution in [0.3, 0.4) is 0 Å². The van der Waals surface area contributed by atoms with Crippen LogP contribution in [0.1, 0.15) is 31.2 Å². The van der Waals surface area contributed by atoms with E-state index in [1.165, 1.54) is 14.2 Å². The Kier molecular flexibility index (Phi) is 6.77. The first-order valence-corrected chi connectivity index (χ1v) is 8.51. The van der Waals surface area contributed by atoms with E-state index in [9.17, 15) is 14.4 Å². The zero-order valence-corrected chi connectivity index (χ0v) is 15.3. The summed E-state index contributed by atoms with van der Waals surface area (Å²) in [5, 5.41) is 5.81. The van der Waals surface area contributed by atoms with E-state index >= 15 is 0 Å². The topological polar surface area (TPSA) is 93.7 Å². The molecule has 140 valence electrons. The Morgan fingerprint density at radius 2 is 1.77 bits per heavy atom. The number of amides is 1. The van der Waals surface area contributed by atoms with Gasteiger partial charge >= 0.3 is 11.9 Å². The van der Waals surface area contributed by atoms with Crippen LogP contribution < -0.4 is 10.6 Å². The lowest BCUT2D eigenvalue weighted by molar-refractivity contribution is -0.138. The van der Waals surface area contributed by atoms with Crippen molar-refractivity contribution in [3.8, 4) is 0 Å². The quantitative estimate of drug-likeness (QED) is 0.598. The maximum absolute atomic E-state index is 12.3. The van der Waals surface area contributed by atoms with E-state index in [0.29, 0.717) is 5.69 Å². The molecule has 1 amide bonds. The number of rotatable bonds is 6. The smallest absolute Gasteiger partial charge is 0.354 e. The highest BCUT2D eigenvalue weighted by molar-refractivity contribution is 5.99. The van der Waals surface area contributed by atoms with Gasteiger partial charge in [0.1, 0.15) is 5.70 Å². The molecule has 1 saturated carbocycles. The van der Waals surface area contributed by atoms with Gasteiger partial charge in [-0.2, -0.15) is 0 Å². The van der Waals surface area contributed by atoms with E-state index in [2.05, 4.69) is 20.1 Å². The summed E-state index contributed by atoms with van der Waals surface area (Å²) in [4.78, 5) is 35.5. The summed E-state index contributed by atoms with van der Waals surface area (Å²) in [5.74, 6) is -1.23. The van der Waals surface area contributed by atoms with Gasteiger partial charge in [-0.25, -0.2) is 9.59 Å². The number of carbonyl (C=O) groups is 3. The molecule has 0 atom stereocenters. The summed E-state index contributed by atoms with van der Waals surface area (Å²) < 4.78 is 9.20. The molecule has 1 aliphatic carbocycles. The van der Waals surface area contributed by atoms with Gasteiger partial charge in [0.15, 0.2) is 0 Å². The van der Waals surface area contributed by atoms with Crippen molar-refractivity contribution in [2.45, 2.75) is 32.6 Å². The third kappa shape index (κ3) is 5.08. The largest absolute Gasteiger partial charge is 0.466 e. The summed E-state index contributed by atoms with van der Waals surface area (Å²) in [6.45, 7) is 1.86. The molecule has 2 rings (SSSR count). The SMILES string of the molecule is COC(=O)/C=C(/Nc1ccc(NC(=O)C2CCCC2)c(C)c1)C(=O)OC. The lowest BCUT2D eigenvalue weighted by atomic mass is 10.1. The molecule has 1 aromatic rings. The first kappa shape index (κ1) is 19.5. The Morgan fingerprint density at radius 1 is 1.08 bits per heavy atom. The number of aryl methyl sites for hydroxylation is 1. The fraction of sp³-hybridized carbons (Fsp3) is 0.421.